The molecule has 0 aliphatic carbocycles. The van der Waals surface area contributed by atoms with Gasteiger partial charge in [0.05, 0.1) is 13.2 Å². The predicted molar refractivity (Wildman–Crippen MR) is 143 cm³/mol. The van der Waals surface area contributed by atoms with E-state index >= 15 is 0 Å². The lowest BCUT2D eigenvalue weighted by molar-refractivity contribution is 0.151. The average Bonchev–Trinajstić information content (AvgIpc) is 3.22. The molecule has 1 aliphatic heterocycles. The number of hydrogen-bond acceptors (Lipinski definition) is 8. The first-order valence-corrected chi connectivity index (χ1v) is 12.5. The fourth-order valence-corrected chi connectivity index (χ4v) is 5.18. The number of imidazole rings is 1. The molecule has 11 heteroatoms. The molecule has 200 valence electrons. The van der Waals surface area contributed by atoms with Crippen LogP contribution in [0.5, 0.6) is 5.75 Å². The first-order chi connectivity index (χ1) is 18.3. The molecule has 5 rings (SSSR count). The van der Waals surface area contributed by atoms with Crippen LogP contribution in [0, 0.1) is 6.92 Å². The number of fused-ring (bicyclic) bond motifs is 1. The molecule has 2 atom stereocenters. The van der Waals surface area contributed by atoms with E-state index in [1.54, 1.807) is 19.2 Å². The number of nitrogens with one attached hydrogen (secondary N) is 1. The van der Waals surface area contributed by atoms with Crippen molar-refractivity contribution in [2.45, 2.75) is 32.4 Å². The van der Waals surface area contributed by atoms with Crippen molar-refractivity contribution in [3.63, 3.8) is 0 Å². The summed E-state index contributed by atoms with van der Waals surface area (Å²) in [5.41, 5.74) is 6.07. The number of aryl methyl sites for hydroxylation is 2. The van der Waals surface area contributed by atoms with Crippen LogP contribution in [0.3, 0.4) is 0 Å². The maximum absolute atomic E-state index is 13.2. The van der Waals surface area contributed by atoms with Crippen LogP contribution in [-0.4, -0.2) is 57.2 Å². The lowest BCUT2D eigenvalue weighted by atomic mass is 9.94. The van der Waals surface area contributed by atoms with Gasteiger partial charge in [-0.15, -0.1) is 0 Å². The SMILES string of the molecule is COc1ccc(C(c2ccc(C(F)F)cc2)N2CCN(c3nc(NN)nc4c3nc(C)n4C)C(C)C2)cc1. The van der Waals surface area contributed by atoms with E-state index in [9.17, 15) is 8.78 Å². The highest BCUT2D eigenvalue weighted by atomic mass is 19.3. The molecular formula is C27H32F2N8O. The second-order valence-corrected chi connectivity index (χ2v) is 9.59. The molecule has 38 heavy (non-hydrogen) atoms. The van der Waals surface area contributed by atoms with Crippen molar-refractivity contribution in [2.75, 3.05) is 37.1 Å². The van der Waals surface area contributed by atoms with Crippen LogP contribution < -0.4 is 20.9 Å². The van der Waals surface area contributed by atoms with Gasteiger partial charge in [-0.1, -0.05) is 36.4 Å². The Kier molecular flexibility index (Phi) is 7.13. The molecule has 0 radical (unpaired) electrons. The molecule has 2 aromatic carbocycles. The van der Waals surface area contributed by atoms with Crippen molar-refractivity contribution in [2.24, 2.45) is 12.9 Å². The number of benzene rings is 2. The van der Waals surface area contributed by atoms with Crippen LogP contribution in [0.4, 0.5) is 20.5 Å². The molecule has 0 amide bonds. The zero-order chi connectivity index (χ0) is 27.0. The Hall–Kier alpha value is -3.83. The van der Waals surface area contributed by atoms with Gasteiger partial charge >= 0.3 is 0 Å². The largest absolute Gasteiger partial charge is 0.497 e. The first-order valence-electron chi connectivity index (χ1n) is 12.5. The Balaban J connectivity index is 1.48. The second kappa shape index (κ2) is 10.5. The second-order valence-electron chi connectivity index (χ2n) is 9.59. The maximum Gasteiger partial charge on any atom is 0.263 e. The average molecular weight is 523 g/mol. The topological polar surface area (TPSA) is 97.4 Å². The van der Waals surface area contributed by atoms with E-state index in [1.165, 1.54) is 12.1 Å². The van der Waals surface area contributed by atoms with Crippen LogP contribution in [0.25, 0.3) is 11.2 Å². The number of nitrogens with zero attached hydrogens (tertiary/aromatic N) is 6. The van der Waals surface area contributed by atoms with Crippen molar-refractivity contribution >= 4 is 22.9 Å². The summed E-state index contributed by atoms with van der Waals surface area (Å²) in [6, 6.07) is 14.5. The third kappa shape index (κ3) is 4.74. The van der Waals surface area contributed by atoms with E-state index in [0.717, 1.165) is 47.1 Å². The molecule has 2 unspecified atom stereocenters. The minimum atomic E-state index is -2.50. The Morgan fingerprint density at radius 3 is 2.18 bits per heavy atom. The Bertz CT molecular complexity index is 1410. The Morgan fingerprint density at radius 1 is 0.974 bits per heavy atom. The van der Waals surface area contributed by atoms with Gasteiger partial charge in [-0.2, -0.15) is 9.97 Å². The number of nitrogen functional groups attached to an aromatic ring is 1. The summed E-state index contributed by atoms with van der Waals surface area (Å²) in [6.07, 6.45) is -2.50. The molecule has 3 N–H and O–H groups in total. The molecule has 0 spiro atoms. The summed E-state index contributed by atoms with van der Waals surface area (Å²) in [7, 11) is 3.55. The van der Waals surface area contributed by atoms with Crippen LogP contribution in [0.1, 0.15) is 41.9 Å². The van der Waals surface area contributed by atoms with Crippen molar-refractivity contribution < 1.29 is 13.5 Å². The van der Waals surface area contributed by atoms with Gasteiger partial charge in [0, 0.05) is 38.3 Å². The third-order valence-corrected chi connectivity index (χ3v) is 7.28. The highest BCUT2D eigenvalue weighted by Crippen LogP contribution is 2.35. The fraction of sp³-hybridized carbons (Fsp3) is 0.370. The minimum absolute atomic E-state index is 0.0168. The lowest BCUT2D eigenvalue weighted by Gasteiger charge is -2.44. The zero-order valence-corrected chi connectivity index (χ0v) is 21.9. The number of hydrazine groups is 1. The number of piperazine rings is 1. The normalized spacial score (nSPS) is 17.3. The van der Waals surface area contributed by atoms with Gasteiger partial charge in [0.25, 0.3) is 6.43 Å². The standard InChI is InChI=1S/C27H32F2N8O/c1-16-15-36(13-14-37(16)26-22-25(32-27(33-26)34-30)35(3)17(2)31-22)23(19-9-11-21(38-4)12-10-19)18-5-7-20(8-6-18)24(28)29/h5-12,16,23-24H,13-15,30H2,1-4H3,(H,32,33,34). The molecule has 1 saturated heterocycles. The molecule has 1 aliphatic rings. The van der Waals surface area contributed by atoms with Gasteiger partial charge in [-0.05, 0) is 37.1 Å². The van der Waals surface area contributed by atoms with Gasteiger partial charge in [0.1, 0.15) is 11.6 Å². The number of aromatic nitrogens is 4. The van der Waals surface area contributed by atoms with Gasteiger partial charge in [0.2, 0.25) is 5.95 Å². The highest BCUT2D eigenvalue weighted by Gasteiger charge is 2.33. The van der Waals surface area contributed by atoms with E-state index in [-0.39, 0.29) is 17.6 Å². The summed E-state index contributed by atoms with van der Waals surface area (Å²) in [5, 5.41) is 0. The van der Waals surface area contributed by atoms with Gasteiger partial charge in [-0.25, -0.2) is 19.6 Å². The quantitative estimate of drug-likeness (QED) is 0.275. The number of alkyl halides is 2. The van der Waals surface area contributed by atoms with E-state index in [2.05, 4.69) is 32.1 Å². The van der Waals surface area contributed by atoms with Crippen molar-refractivity contribution in [1.82, 2.24) is 24.4 Å². The zero-order valence-electron chi connectivity index (χ0n) is 21.9. The van der Waals surface area contributed by atoms with Crippen LogP contribution >= 0.6 is 0 Å². The number of ether oxygens (including phenoxy) is 1. The molecule has 2 aromatic heterocycles. The summed E-state index contributed by atoms with van der Waals surface area (Å²) in [5.74, 6) is 8.36. The number of halogens is 2. The molecule has 1 fully saturated rings. The molecule has 3 heterocycles. The highest BCUT2D eigenvalue weighted by molar-refractivity contribution is 5.85. The number of anilines is 2. The molecule has 0 saturated carbocycles. The smallest absolute Gasteiger partial charge is 0.263 e. The summed E-state index contributed by atoms with van der Waals surface area (Å²) in [4.78, 5) is 18.5. The van der Waals surface area contributed by atoms with Gasteiger partial charge in [-0.3, -0.25) is 10.3 Å². The number of methoxy groups -OCH3 is 1. The lowest BCUT2D eigenvalue weighted by Crippen LogP contribution is -2.53. The Labute approximate surface area is 220 Å². The minimum Gasteiger partial charge on any atom is -0.497 e. The first kappa shape index (κ1) is 25.8. The summed E-state index contributed by atoms with van der Waals surface area (Å²) >= 11 is 0. The molecule has 4 aromatic rings. The van der Waals surface area contributed by atoms with Crippen molar-refractivity contribution in [3.05, 3.63) is 71.0 Å². The van der Waals surface area contributed by atoms with Crippen LogP contribution in [-0.2, 0) is 7.05 Å². The Morgan fingerprint density at radius 2 is 1.61 bits per heavy atom. The summed E-state index contributed by atoms with van der Waals surface area (Å²) in [6.45, 7) is 6.21. The predicted octanol–water partition coefficient (Wildman–Crippen LogP) is 4.20. The number of rotatable bonds is 7. The van der Waals surface area contributed by atoms with E-state index in [0.29, 0.717) is 18.1 Å². The van der Waals surface area contributed by atoms with Crippen LogP contribution in [0.2, 0.25) is 0 Å². The maximum atomic E-state index is 13.2. The number of hydrogen-bond donors (Lipinski definition) is 2. The van der Waals surface area contributed by atoms with E-state index < -0.39 is 6.43 Å². The fourth-order valence-electron chi connectivity index (χ4n) is 5.18. The molecular weight excluding hydrogens is 490 g/mol. The third-order valence-electron chi connectivity index (χ3n) is 7.28. The van der Waals surface area contributed by atoms with E-state index in [1.807, 2.05) is 42.8 Å². The number of nitrogens with two attached hydrogens (primary N) is 1. The van der Waals surface area contributed by atoms with Crippen molar-refractivity contribution in [1.29, 1.82) is 0 Å². The van der Waals surface area contributed by atoms with Crippen LogP contribution in [0.15, 0.2) is 48.5 Å². The van der Waals surface area contributed by atoms with Crippen molar-refractivity contribution in [3.8, 4) is 5.75 Å². The van der Waals surface area contributed by atoms with Gasteiger partial charge in [0.15, 0.2) is 17.0 Å². The monoisotopic (exact) mass is 522 g/mol. The summed E-state index contributed by atoms with van der Waals surface area (Å²) < 4.78 is 33.8. The van der Waals surface area contributed by atoms with E-state index in [4.69, 9.17) is 15.6 Å². The van der Waals surface area contributed by atoms with Gasteiger partial charge < -0.3 is 14.2 Å². The molecule has 9 nitrogen and oxygen atoms in total. The molecule has 0 bridgehead atoms.